The van der Waals surface area contributed by atoms with Crippen molar-refractivity contribution in [2.45, 2.75) is 39.9 Å². The molecule has 130 valence electrons. The van der Waals surface area contributed by atoms with Gasteiger partial charge in [0.25, 0.3) is 0 Å². The van der Waals surface area contributed by atoms with Gasteiger partial charge in [-0.15, -0.1) is 4.68 Å². The highest BCUT2D eigenvalue weighted by molar-refractivity contribution is 5.87. The molecule has 0 saturated carbocycles. The fourth-order valence-corrected chi connectivity index (χ4v) is 2.38. The Kier molecular flexibility index (Phi) is 4.44. The van der Waals surface area contributed by atoms with Crippen LogP contribution in [0.1, 0.15) is 32.0 Å². The predicted molar refractivity (Wildman–Crippen MR) is 94.7 cm³/mol. The van der Waals surface area contributed by atoms with Crippen LogP contribution in [0.2, 0.25) is 0 Å². The third-order valence-electron chi connectivity index (χ3n) is 3.50. The van der Waals surface area contributed by atoms with Crippen molar-refractivity contribution >= 4 is 17.1 Å². The maximum atomic E-state index is 12.3. The van der Waals surface area contributed by atoms with Gasteiger partial charge in [-0.05, 0) is 39.3 Å². The number of carbonyl (C=O) groups excluding carboxylic acids is 1. The molecule has 0 aliphatic rings. The largest absolute Gasteiger partial charge is 0.487 e. The summed E-state index contributed by atoms with van der Waals surface area (Å²) in [5.74, 6) is 0.628. The zero-order chi connectivity index (χ0) is 18.0. The van der Waals surface area contributed by atoms with Crippen LogP contribution < -0.4 is 4.74 Å². The summed E-state index contributed by atoms with van der Waals surface area (Å²) in [5, 5.41) is 5.02. The Morgan fingerprint density at radius 3 is 2.60 bits per heavy atom. The lowest BCUT2D eigenvalue weighted by atomic mass is 10.2. The van der Waals surface area contributed by atoms with Gasteiger partial charge in [0.15, 0.2) is 5.65 Å². The van der Waals surface area contributed by atoms with Crippen LogP contribution in [0.3, 0.4) is 0 Å². The number of hydrogen-bond acceptors (Lipinski definition) is 5. The van der Waals surface area contributed by atoms with E-state index in [9.17, 15) is 4.79 Å². The Morgan fingerprint density at radius 1 is 1.20 bits per heavy atom. The molecule has 25 heavy (non-hydrogen) atoms. The number of carbonyl (C=O) groups is 1. The summed E-state index contributed by atoms with van der Waals surface area (Å²) in [7, 11) is 0. The molecule has 0 saturated heterocycles. The topological polar surface area (TPSA) is 66.2 Å². The summed E-state index contributed by atoms with van der Waals surface area (Å²) in [5.41, 5.74) is 1.63. The molecule has 6 nitrogen and oxygen atoms in total. The second-order valence-electron chi connectivity index (χ2n) is 6.79. The lowest BCUT2D eigenvalue weighted by Crippen LogP contribution is -2.27. The van der Waals surface area contributed by atoms with Crippen molar-refractivity contribution in [3.05, 3.63) is 53.9 Å². The molecule has 0 bridgehead atoms. The second kappa shape index (κ2) is 6.55. The zero-order valence-electron chi connectivity index (χ0n) is 14.8. The first-order valence-electron chi connectivity index (χ1n) is 8.09. The number of pyridine rings is 1. The van der Waals surface area contributed by atoms with E-state index < -0.39 is 11.7 Å². The van der Waals surface area contributed by atoms with Gasteiger partial charge in [-0.2, -0.15) is 5.10 Å². The molecular weight excluding hydrogens is 318 g/mol. The van der Waals surface area contributed by atoms with Gasteiger partial charge in [-0.25, -0.2) is 9.78 Å². The smallest absolute Gasteiger partial charge is 0.437 e. The lowest BCUT2D eigenvalue weighted by Gasteiger charge is -2.18. The normalized spacial score (nSPS) is 11.5. The number of aryl methyl sites for hydroxylation is 1. The SMILES string of the molecule is Cc1nn(C(=O)OC(C)(C)C)c2ncc(OCc3ccccc3)cc12. The van der Waals surface area contributed by atoms with Gasteiger partial charge in [0.1, 0.15) is 18.0 Å². The van der Waals surface area contributed by atoms with Gasteiger partial charge in [0.05, 0.1) is 11.9 Å². The zero-order valence-corrected chi connectivity index (χ0v) is 14.8. The van der Waals surface area contributed by atoms with Crippen LogP contribution in [-0.2, 0) is 11.3 Å². The molecule has 0 N–H and O–H groups in total. The lowest BCUT2D eigenvalue weighted by molar-refractivity contribution is 0.0521. The number of aromatic nitrogens is 3. The van der Waals surface area contributed by atoms with Gasteiger partial charge in [-0.1, -0.05) is 30.3 Å². The highest BCUT2D eigenvalue weighted by Crippen LogP contribution is 2.23. The number of rotatable bonds is 3. The van der Waals surface area contributed by atoms with E-state index in [-0.39, 0.29) is 0 Å². The molecule has 0 aliphatic carbocycles. The summed E-state index contributed by atoms with van der Waals surface area (Å²) in [6.45, 7) is 7.71. The quantitative estimate of drug-likeness (QED) is 0.718. The van der Waals surface area contributed by atoms with Crippen molar-refractivity contribution in [3.63, 3.8) is 0 Å². The summed E-state index contributed by atoms with van der Waals surface area (Å²) < 4.78 is 12.4. The van der Waals surface area contributed by atoms with Gasteiger partial charge >= 0.3 is 6.09 Å². The van der Waals surface area contributed by atoms with E-state index in [0.29, 0.717) is 23.7 Å². The van der Waals surface area contributed by atoms with Crippen LogP contribution in [0.15, 0.2) is 42.6 Å². The highest BCUT2D eigenvalue weighted by atomic mass is 16.6. The Balaban J connectivity index is 1.84. The van der Waals surface area contributed by atoms with Gasteiger partial charge in [0.2, 0.25) is 0 Å². The van der Waals surface area contributed by atoms with Gasteiger partial charge in [-0.3, -0.25) is 0 Å². The van der Waals surface area contributed by atoms with Crippen LogP contribution in [0.4, 0.5) is 4.79 Å². The summed E-state index contributed by atoms with van der Waals surface area (Å²) >= 11 is 0. The fraction of sp³-hybridized carbons (Fsp3) is 0.316. The number of hydrogen-bond donors (Lipinski definition) is 0. The van der Waals surface area contributed by atoms with Crippen LogP contribution in [-0.4, -0.2) is 26.5 Å². The molecule has 0 fully saturated rings. The minimum Gasteiger partial charge on any atom is -0.487 e. The first-order chi connectivity index (χ1) is 11.8. The standard InChI is InChI=1S/C19H21N3O3/c1-13-16-10-15(24-12-14-8-6-5-7-9-14)11-20-17(16)22(21-13)18(23)25-19(2,3)4/h5-11H,12H2,1-4H3. The number of fused-ring (bicyclic) bond motifs is 1. The molecule has 6 heteroatoms. The van der Waals surface area contributed by atoms with Crippen molar-refractivity contribution in [1.29, 1.82) is 0 Å². The third-order valence-corrected chi connectivity index (χ3v) is 3.50. The maximum Gasteiger partial charge on any atom is 0.437 e. The molecule has 3 aromatic rings. The highest BCUT2D eigenvalue weighted by Gasteiger charge is 2.22. The van der Waals surface area contributed by atoms with E-state index in [4.69, 9.17) is 9.47 Å². The summed E-state index contributed by atoms with van der Waals surface area (Å²) in [6.07, 6.45) is 1.05. The van der Waals surface area contributed by atoms with E-state index in [1.54, 1.807) is 6.20 Å². The van der Waals surface area contributed by atoms with E-state index in [0.717, 1.165) is 10.9 Å². The Hall–Kier alpha value is -2.89. The maximum absolute atomic E-state index is 12.3. The Morgan fingerprint density at radius 2 is 1.92 bits per heavy atom. The average Bonchev–Trinajstić information content (AvgIpc) is 2.89. The van der Waals surface area contributed by atoms with E-state index in [2.05, 4.69) is 10.1 Å². The fourth-order valence-electron chi connectivity index (χ4n) is 2.38. The molecule has 0 radical (unpaired) electrons. The van der Waals surface area contributed by atoms with Gasteiger partial charge in [0, 0.05) is 5.39 Å². The van der Waals surface area contributed by atoms with Crippen molar-refractivity contribution in [2.24, 2.45) is 0 Å². The summed E-state index contributed by atoms with van der Waals surface area (Å²) in [6, 6.07) is 11.7. The Labute approximate surface area is 146 Å². The molecule has 0 spiro atoms. The minimum atomic E-state index is -0.595. The number of ether oxygens (including phenoxy) is 2. The molecule has 1 aromatic carbocycles. The molecule has 0 aliphatic heterocycles. The molecule has 3 rings (SSSR count). The first-order valence-corrected chi connectivity index (χ1v) is 8.09. The van der Waals surface area contributed by atoms with Crippen molar-refractivity contribution in [1.82, 2.24) is 14.8 Å². The molecule has 0 atom stereocenters. The van der Waals surface area contributed by atoms with Crippen LogP contribution >= 0.6 is 0 Å². The van der Waals surface area contributed by atoms with Gasteiger partial charge < -0.3 is 9.47 Å². The molecule has 0 unspecified atom stereocenters. The monoisotopic (exact) mass is 339 g/mol. The average molecular weight is 339 g/mol. The number of benzene rings is 1. The van der Waals surface area contributed by atoms with E-state index in [1.807, 2.05) is 64.1 Å². The van der Waals surface area contributed by atoms with E-state index in [1.165, 1.54) is 4.68 Å². The molecule has 0 amide bonds. The molecule has 2 aromatic heterocycles. The van der Waals surface area contributed by atoms with Crippen LogP contribution in [0, 0.1) is 6.92 Å². The third kappa shape index (κ3) is 3.96. The second-order valence-corrected chi connectivity index (χ2v) is 6.79. The predicted octanol–water partition coefficient (Wildman–Crippen LogP) is 4.10. The minimum absolute atomic E-state index is 0.452. The van der Waals surface area contributed by atoms with Crippen molar-refractivity contribution < 1.29 is 14.3 Å². The number of nitrogens with zero attached hydrogens (tertiary/aromatic N) is 3. The van der Waals surface area contributed by atoms with Crippen molar-refractivity contribution in [2.75, 3.05) is 0 Å². The first kappa shape index (κ1) is 17.0. The van der Waals surface area contributed by atoms with E-state index >= 15 is 0 Å². The molecule has 2 heterocycles. The van der Waals surface area contributed by atoms with Crippen LogP contribution in [0.5, 0.6) is 5.75 Å². The molecular formula is C19H21N3O3. The Bertz CT molecular complexity index is 895. The summed E-state index contributed by atoms with van der Waals surface area (Å²) in [4.78, 5) is 16.6. The van der Waals surface area contributed by atoms with Crippen molar-refractivity contribution in [3.8, 4) is 5.75 Å². The van der Waals surface area contributed by atoms with Crippen LogP contribution in [0.25, 0.3) is 11.0 Å².